The second-order valence-corrected chi connectivity index (χ2v) is 6.08. The molecule has 0 aromatic carbocycles. The van der Waals surface area contributed by atoms with E-state index in [4.69, 9.17) is 0 Å². The van der Waals surface area contributed by atoms with Crippen LogP contribution in [0, 0.1) is 5.92 Å². The van der Waals surface area contributed by atoms with Gasteiger partial charge in [0, 0.05) is 0 Å². The smallest absolute Gasteiger partial charge is 0.265 e. The van der Waals surface area contributed by atoms with Crippen LogP contribution in [0.15, 0.2) is 9.27 Å². The molecule has 0 aliphatic carbocycles. The van der Waals surface area contributed by atoms with Crippen molar-refractivity contribution in [2.24, 2.45) is 5.92 Å². The van der Waals surface area contributed by atoms with Gasteiger partial charge >= 0.3 is 0 Å². The Hall–Kier alpha value is -0.290. The maximum Gasteiger partial charge on any atom is 0.265 e. The molecule has 0 amide bonds. The van der Waals surface area contributed by atoms with Gasteiger partial charge in [0.15, 0.2) is 0 Å². The van der Waals surface area contributed by atoms with E-state index < -0.39 is 0 Å². The third kappa shape index (κ3) is 3.94. The molecule has 1 aromatic rings. The van der Waals surface area contributed by atoms with Crippen molar-refractivity contribution in [3.8, 4) is 0 Å². The molecule has 0 bridgehead atoms. The third-order valence-electron chi connectivity index (χ3n) is 2.02. The fourth-order valence-corrected chi connectivity index (χ4v) is 2.23. The summed E-state index contributed by atoms with van der Waals surface area (Å²) in [6.45, 7) is 6.34. The molecule has 0 aliphatic rings. The van der Waals surface area contributed by atoms with Crippen LogP contribution in [0.4, 0.5) is 0 Å². The molecule has 5 heteroatoms. The summed E-state index contributed by atoms with van der Waals surface area (Å²) in [6.07, 6.45) is 0.828. The lowest BCUT2D eigenvalue weighted by molar-refractivity contribution is 0.628. The summed E-state index contributed by atoms with van der Waals surface area (Å²) in [4.78, 5) is 18.9. The zero-order valence-corrected chi connectivity index (χ0v) is 12.2. The summed E-state index contributed by atoms with van der Waals surface area (Å²) < 4.78 is 0.575. The van der Waals surface area contributed by atoms with Crippen molar-refractivity contribution in [1.29, 1.82) is 0 Å². The monoisotopic (exact) mass is 304 g/mol. The van der Waals surface area contributed by atoms with Gasteiger partial charge in [0.1, 0.15) is 10.3 Å². The number of aromatic nitrogens is 2. The van der Waals surface area contributed by atoms with E-state index in [0.717, 1.165) is 29.4 Å². The number of aromatic amines is 1. The molecule has 1 N–H and O–H groups in total. The molecular weight excluding hydrogens is 288 g/mol. The highest BCUT2D eigenvalue weighted by Crippen LogP contribution is 2.15. The average molecular weight is 305 g/mol. The van der Waals surface area contributed by atoms with Crippen LogP contribution in [0.2, 0.25) is 0 Å². The maximum atomic E-state index is 11.7. The predicted molar refractivity (Wildman–Crippen MR) is 72.9 cm³/mol. The number of hydrogen-bond acceptors (Lipinski definition) is 3. The molecule has 0 spiro atoms. The molecule has 0 atom stereocenters. The quantitative estimate of drug-likeness (QED) is 0.909. The Morgan fingerprint density at radius 3 is 2.75 bits per heavy atom. The van der Waals surface area contributed by atoms with E-state index in [1.807, 2.05) is 0 Å². The van der Waals surface area contributed by atoms with Gasteiger partial charge in [-0.3, -0.25) is 4.79 Å². The first-order valence-corrected chi connectivity index (χ1v) is 7.34. The van der Waals surface area contributed by atoms with Crippen molar-refractivity contribution < 1.29 is 0 Å². The minimum atomic E-state index is -0.0719. The molecule has 0 saturated carbocycles. The molecule has 0 fully saturated rings. The van der Waals surface area contributed by atoms with Gasteiger partial charge in [-0.05, 0) is 34.0 Å². The lowest BCUT2D eigenvalue weighted by Crippen LogP contribution is -2.16. The fraction of sp³-hybridized carbons (Fsp3) is 0.636. The summed E-state index contributed by atoms with van der Waals surface area (Å²) in [5, 5.41) is 0. The first-order chi connectivity index (χ1) is 7.54. The van der Waals surface area contributed by atoms with Gasteiger partial charge in [0.05, 0.1) is 11.4 Å². The highest BCUT2D eigenvalue weighted by Gasteiger charge is 2.10. The molecule has 3 nitrogen and oxygen atoms in total. The van der Waals surface area contributed by atoms with Gasteiger partial charge in [-0.2, -0.15) is 11.8 Å². The van der Waals surface area contributed by atoms with Crippen molar-refractivity contribution in [2.75, 3.05) is 5.75 Å². The summed E-state index contributed by atoms with van der Waals surface area (Å²) in [6, 6.07) is 0. The van der Waals surface area contributed by atoms with E-state index in [-0.39, 0.29) is 5.56 Å². The van der Waals surface area contributed by atoms with Crippen LogP contribution in [-0.4, -0.2) is 15.7 Å². The van der Waals surface area contributed by atoms with Crippen molar-refractivity contribution in [2.45, 2.75) is 32.9 Å². The normalized spacial score (nSPS) is 11.1. The number of rotatable bonds is 5. The Morgan fingerprint density at radius 2 is 2.19 bits per heavy atom. The predicted octanol–water partition coefficient (Wildman–Crippen LogP) is 2.98. The van der Waals surface area contributed by atoms with Gasteiger partial charge in [-0.25, -0.2) is 4.98 Å². The maximum absolute atomic E-state index is 11.7. The zero-order chi connectivity index (χ0) is 12.1. The Kier molecular flexibility index (Phi) is 5.55. The van der Waals surface area contributed by atoms with Crippen LogP contribution < -0.4 is 5.56 Å². The molecular formula is C11H17BrN2OS. The van der Waals surface area contributed by atoms with Crippen LogP contribution >= 0.6 is 27.7 Å². The lowest BCUT2D eigenvalue weighted by atomic mass is 10.1. The minimum absolute atomic E-state index is 0.0719. The molecule has 0 radical (unpaired) electrons. The summed E-state index contributed by atoms with van der Waals surface area (Å²) in [5.74, 6) is 3.07. The van der Waals surface area contributed by atoms with E-state index in [1.54, 1.807) is 11.8 Å². The van der Waals surface area contributed by atoms with Gasteiger partial charge < -0.3 is 4.98 Å². The highest BCUT2D eigenvalue weighted by atomic mass is 79.9. The van der Waals surface area contributed by atoms with E-state index in [2.05, 4.69) is 46.7 Å². The molecule has 16 heavy (non-hydrogen) atoms. The van der Waals surface area contributed by atoms with Crippen molar-refractivity contribution in [3.63, 3.8) is 0 Å². The van der Waals surface area contributed by atoms with E-state index in [9.17, 15) is 4.79 Å². The number of nitrogens with one attached hydrogen (secondary N) is 1. The van der Waals surface area contributed by atoms with Gasteiger partial charge in [0.2, 0.25) is 0 Å². The zero-order valence-electron chi connectivity index (χ0n) is 9.84. The average Bonchev–Trinajstić information content (AvgIpc) is 2.21. The second-order valence-electron chi connectivity index (χ2n) is 4.01. The van der Waals surface area contributed by atoms with Gasteiger partial charge in [0.25, 0.3) is 5.56 Å². The van der Waals surface area contributed by atoms with Crippen LogP contribution in [0.1, 0.15) is 32.3 Å². The molecule has 1 heterocycles. The molecule has 90 valence electrons. The molecule has 0 unspecified atom stereocenters. The molecule has 0 saturated heterocycles. The first-order valence-electron chi connectivity index (χ1n) is 5.39. The number of H-pyrrole nitrogens is 1. The Bertz CT molecular complexity index is 403. The molecule has 0 aliphatic heterocycles. The van der Waals surface area contributed by atoms with Crippen LogP contribution in [0.3, 0.4) is 0 Å². The second kappa shape index (κ2) is 6.45. The topological polar surface area (TPSA) is 45.8 Å². The van der Waals surface area contributed by atoms with Gasteiger partial charge in [-0.15, -0.1) is 0 Å². The summed E-state index contributed by atoms with van der Waals surface area (Å²) in [5.41, 5.74) is 0.794. The first kappa shape index (κ1) is 13.8. The Labute approximate surface area is 109 Å². The van der Waals surface area contributed by atoms with Crippen molar-refractivity contribution in [3.05, 3.63) is 26.3 Å². The molecule has 1 rings (SSSR count). The van der Waals surface area contributed by atoms with Crippen LogP contribution in [0.25, 0.3) is 0 Å². The Balaban J connectivity index is 2.97. The van der Waals surface area contributed by atoms with E-state index in [1.165, 1.54) is 0 Å². The van der Waals surface area contributed by atoms with Crippen LogP contribution in [-0.2, 0) is 12.2 Å². The third-order valence-corrected chi connectivity index (χ3v) is 3.73. The Morgan fingerprint density at radius 1 is 1.50 bits per heavy atom. The van der Waals surface area contributed by atoms with Gasteiger partial charge in [-0.1, -0.05) is 20.8 Å². The van der Waals surface area contributed by atoms with Crippen LogP contribution in [0.5, 0.6) is 0 Å². The largest absolute Gasteiger partial charge is 0.309 e. The SMILES string of the molecule is CCSCc1nc(CC(C)C)c(Br)c(=O)[nH]1. The summed E-state index contributed by atoms with van der Waals surface area (Å²) >= 11 is 5.05. The number of hydrogen-bond donors (Lipinski definition) is 1. The minimum Gasteiger partial charge on any atom is -0.309 e. The standard InChI is InChI=1S/C11H17BrN2OS/c1-4-16-6-9-13-8(5-7(2)3)10(12)11(15)14-9/h7H,4-6H2,1-3H3,(H,13,14,15). The van der Waals surface area contributed by atoms with Crippen molar-refractivity contribution >= 4 is 27.7 Å². The number of thioether (sulfide) groups is 1. The molecule has 1 aromatic heterocycles. The van der Waals surface area contributed by atoms with E-state index >= 15 is 0 Å². The number of halogens is 1. The fourth-order valence-electron chi connectivity index (χ4n) is 1.35. The summed E-state index contributed by atoms with van der Waals surface area (Å²) in [7, 11) is 0. The number of nitrogens with zero attached hydrogens (tertiary/aromatic N) is 1. The highest BCUT2D eigenvalue weighted by molar-refractivity contribution is 9.10. The van der Waals surface area contributed by atoms with E-state index in [0.29, 0.717) is 10.4 Å². The lowest BCUT2D eigenvalue weighted by Gasteiger charge is -2.08. The van der Waals surface area contributed by atoms with Crippen molar-refractivity contribution in [1.82, 2.24) is 9.97 Å².